The molecule has 0 spiro atoms. The van der Waals surface area contributed by atoms with E-state index in [-0.39, 0.29) is 48.7 Å². The average Bonchev–Trinajstić information content (AvgIpc) is 3.70. The molecule has 2 saturated heterocycles. The molecule has 2 fully saturated rings. The minimum Gasteiger partial charge on any atom is -0.455 e. The van der Waals surface area contributed by atoms with Crippen molar-refractivity contribution in [2.24, 2.45) is 17.8 Å². The summed E-state index contributed by atoms with van der Waals surface area (Å²) in [6, 6.07) is 0. The quantitative estimate of drug-likeness (QED) is 0.152. The predicted molar refractivity (Wildman–Crippen MR) is 196 cm³/mol. The van der Waals surface area contributed by atoms with Crippen molar-refractivity contribution in [2.45, 2.75) is 161 Å². The van der Waals surface area contributed by atoms with Crippen LogP contribution in [-0.4, -0.2) is 92.9 Å². The fraction of sp³-hybridized carbons (Fsp3) is 0.683. The topological polar surface area (TPSA) is 160 Å². The smallest absolute Gasteiger partial charge is 0.309 e. The summed E-state index contributed by atoms with van der Waals surface area (Å²) in [5.41, 5.74) is 2.34. The second kappa shape index (κ2) is 19.9. The Hall–Kier alpha value is -2.73. The van der Waals surface area contributed by atoms with Gasteiger partial charge in [0.2, 0.25) is 0 Å². The van der Waals surface area contributed by atoms with Crippen molar-refractivity contribution < 1.29 is 49.0 Å². The van der Waals surface area contributed by atoms with E-state index in [4.69, 9.17) is 14.2 Å². The molecule has 3 rings (SSSR count). The van der Waals surface area contributed by atoms with Crippen molar-refractivity contribution in [2.75, 3.05) is 0 Å². The fourth-order valence-electron chi connectivity index (χ4n) is 7.01. The number of rotatable bonds is 7. The van der Waals surface area contributed by atoms with Gasteiger partial charge in [-0.15, -0.1) is 0 Å². The minimum absolute atomic E-state index is 0.0230. The number of hydrogen-bond acceptors (Lipinski definition) is 10. The number of hydrogen-bond donors (Lipinski definition) is 4. The van der Waals surface area contributed by atoms with Crippen LogP contribution in [0, 0.1) is 17.8 Å². The van der Waals surface area contributed by atoms with Gasteiger partial charge < -0.3 is 34.6 Å². The normalized spacial score (nSPS) is 36.2. The number of ketones is 2. The number of Topliss-reactive ketones (excluding diaryl/α,β-unsaturated/α-hetero) is 2. The van der Waals surface area contributed by atoms with Gasteiger partial charge in [-0.3, -0.25) is 14.4 Å². The van der Waals surface area contributed by atoms with E-state index in [0.717, 1.165) is 24.8 Å². The molecule has 10 nitrogen and oxygen atoms in total. The average molecular weight is 715 g/mol. The maximum atomic E-state index is 13.4. The zero-order valence-electron chi connectivity index (χ0n) is 31.5. The highest BCUT2D eigenvalue weighted by atomic mass is 16.6. The molecule has 3 aliphatic heterocycles. The zero-order chi connectivity index (χ0) is 38.0. The highest BCUT2D eigenvalue weighted by Gasteiger charge is 2.41. The van der Waals surface area contributed by atoms with Crippen LogP contribution in [-0.2, 0) is 28.6 Å². The summed E-state index contributed by atoms with van der Waals surface area (Å²) >= 11 is 0. The van der Waals surface area contributed by atoms with Crippen LogP contribution in [0.3, 0.4) is 0 Å². The Morgan fingerprint density at radius 2 is 1.71 bits per heavy atom. The van der Waals surface area contributed by atoms with Gasteiger partial charge in [0.1, 0.15) is 29.9 Å². The van der Waals surface area contributed by atoms with Crippen molar-refractivity contribution in [1.29, 1.82) is 0 Å². The Morgan fingerprint density at radius 3 is 2.39 bits per heavy atom. The van der Waals surface area contributed by atoms with E-state index in [1.54, 1.807) is 45.1 Å². The van der Waals surface area contributed by atoms with Crippen molar-refractivity contribution in [3.05, 3.63) is 59.8 Å². The van der Waals surface area contributed by atoms with Gasteiger partial charge in [-0.2, -0.15) is 0 Å². The number of aliphatic hydroxyl groups is 4. The molecule has 0 unspecified atom stereocenters. The van der Waals surface area contributed by atoms with E-state index in [1.807, 2.05) is 13.8 Å². The number of carbonyl (C=O) groups is 3. The number of allylic oxidation sites excluding steroid dienone is 2. The molecule has 12 atom stereocenters. The third-order valence-electron chi connectivity index (χ3n) is 10.8. The lowest BCUT2D eigenvalue weighted by molar-refractivity contribution is -0.158. The maximum Gasteiger partial charge on any atom is 0.309 e. The van der Waals surface area contributed by atoms with Crippen molar-refractivity contribution in [3.8, 4) is 0 Å². The van der Waals surface area contributed by atoms with E-state index in [0.29, 0.717) is 30.4 Å². The molecule has 0 aromatic heterocycles. The van der Waals surface area contributed by atoms with Crippen LogP contribution in [0.25, 0.3) is 0 Å². The summed E-state index contributed by atoms with van der Waals surface area (Å²) in [5, 5.41) is 43.6. The van der Waals surface area contributed by atoms with Gasteiger partial charge in [0.25, 0.3) is 0 Å². The number of unbranched alkanes of at least 4 members (excludes halogenated alkanes) is 1. The second-order valence-electron chi connectivity index (χ2n) is 15.2. The Balaban J connectivity index is 1.85. The summed E-state index contributed by atoms with van der Waals surface area (Å²) in [6.45, 7) is 19.0. The fourth-order valence-corrected chi connectivity index (χ4v) is 7.01. The van der Waals surface area contributed by atoms with Crippen molar-refractivity contribution in [3.63, 3.8) is 0 Å². The van der Waals surface area contributed by atoms with Gasteiger partial charge in [0.15, 0.2) is 0 Å². The molecule has 0 aromatic carbocycles. The Kier molecular flexibility index (Phi) is 16.7. The SMILES string of the molecule is C=C(CCCC)[C@H](O)C(C)=CC=C[C@H]1OC(=O)C[C@@H]2O[C@H](C[C@H]2C)[C@H](O)[C@H](O)C(=C)C=C(C)[C@@H](C)[C@@H](O)CC(=O)[C@@H](C)CC(=O)C[C@H]2CC[C@H]1O2. The van der Waals surface area contributed by atoms with Gasteiger partial charge in [-0.05, 0) is 74.7 Å². The number of aliphatic hydroxyl groups excluding tert-OH is 4. The number of carbonyl (C=O) groups excluding carboxylic acids is 3. The highest BCUT2D eigenvalue weighted by Crippen LogP contribution is 2.34. The summed E-state index contributed by atoms with van der Waals surface area (Å²) in [6.07, 6.45) is 3.42. The third-order valence-corrected chi connectivity index (χ3v) is 10.8. The first-order valence-electron chi connectivity index (χ1n) is 18.7. The zero-order valence-corrected chi connectivity index (χ0v) is 31.5. The van der Waals surface area contributed by atoms with E-state index < -0.39 is 72.7 Å². The standard InChI is InChI=1S/C41H62O10/c1-9-10-12-23(2)39(46)24(3)13-11-14-34-35-16-15-31(49-35)20-30(42)18-26(5)32(43)21-33(44)29(8)25(4)17-28(7)40(47)41(48)37-19-27(6)36(50-37)22-38(45)51-34/h11,13-14,17,26-27,29,31,33-37,39-41,44,46-48H,2,7,9-10,12,15-16,18-22H2,1,3-6,8H3/t26-,27+,29+,31+,33-,34+,35+,36-,37+,39-,40+,41-/m0/s1. The number of ether oxygens (including phenoxy) is 3. The Labute approximate surface area is 304 Å². The molecule has 3 aliphatic rings. The van der Waals surface area contributed by atoms with Crippen LogP contribution in [0.1, 0.15) is 106 Å². The molecule has 0 saturated carbocycles. The second-order valence-corrected chi connectivity index (χ2v) is 15.2. The largest absolute Gasteiger partial charge is 0.455 e. The number of esters is 1. The highest BCUT2D eigenvalue weighted by molar-refractivity contribution is 5.88. The molecule has 51 heavy (non-hydrogen) atoms. The molecular weight excluding hydrogens is 652 g/mol. The van der Waals surface area contributed by atoms with Crippen LogP contribution in [0.4, 0.5) is 0 Å². The van der Waals surface area contributed by atoms with E-state index in [1.165, 1.54) is 0 Å². The first-order valence-corrected chi connectivity index (χ1v) is 18.7. The molecule has 0 aliphatic carbocycles. The molecule has 3 heterocycles. The molecule has 0 aromatic rings. The maximum absolute atomic E-state index is 13.4. The number of cyclic esters (lactones) is 1. The molecule has 4 bridgehead atoms. The Morgan fingerprint density at radius 1 is 1.00 bits per heavy atom. The van der Waals surface area contributed by atoms with E-state index in [2.05, 4.69) is 20.1 Å². The summed E-state index contributed by atoms with van der Waals surface area (Å²) in [4.78, 5) is 39.5. The third kappa shape index (κ3) is 12.4. The van der Waals surface area contributed by atoms with Crippen LogP contribution >= 0.6 is 0 Å². The lowest BCUT2D eigenvalue weighted by Crippen LogP contribution is -2.38. The molecule has 286 valence electrons. The van der Waals surface area contributed by atoms with Crippen molar-refractivity contribution >= 4 is 17.5 Å². The van der Waals surface area contributed by atoms with Crippen LogP contribution in [0.15, 0.2) is 59.8 Å². The van der Waals surface area contributed by atoms with Gasteiger partial charge in [0.05, 0.1) is 43.0 Å². The van der Waals surface area contributed by atoms with E-state index in [9.17, 15) is 34.8 Å². The predicted octanol–water partition coefficient (Wildman–Crippen LogP) is 5.42. The van der Waals surface area contributed by atoms with Gasteiger partial charge >= 0.3 is 5.97 Å². The lowest BCUT2D eigenvalue weighted by Gasteiger charge is -2.26. The van der Waals surface area contributed by atoms with Crippen LogP contribution < -0.4 is 0 Å². The van der Waals surface area contributed by atoms with Crippen LogP contribution in [0.5, 0.6) is 0 Å². The van der Waals surface area contributed by atoms with Crippen LogP contribution in [0.2, 0.25) is 0 Å². The molecule has 0 amide bonds. The molecule has 10 heteroatoms. The molecular formula is C41H62O10. The van der Waals surface area contributed by atoms with Gasteiger partial charge in [-0.1, -0.05) is 71.1 Å². The van der Waals surface area contributed by atoms with E-state index >= 15 is 0 Å². The summed E-state index contributed by atoms with van der Waals surface area (Å²) in [7, 11) is 0. The molecule has 0 radical (unpaired) electrons. The minimum atomic E-state index is -1.36. The number of fused-ring (bicyclic) bond motifs is 4. The first-order chi connectivity index (χ1) is 24.0. The molecule has 4 N–H and O–H groups in total. The van der Waals surface area contributed by atoms with Gasteiger partial charge in [-0.25, -0.2) is 0 Å². The monoisotopic (exact) mass is 714 g/mol. The summed E-state index contributed by atoms with van der Waals surface area (Å²) in [5.74, 6) is -2.02. The lowest BCUT2D eigenvalue weighted by atomic mass is 9.87. The van der Waals surface area contributed by atoms with Crippen molar-refractivity contribution in [1.82, 2.24) is 0 Å². The van der Waals surface area contributed by atoms with Gasteiger partial charge in [0, 0.05) is 31.1 Å². The summed E-state index contributed by atoms with van der Waals surface area (Å²) < 4.78 is 18.3. The first kappa shape index (κ1) is 42.7. The Bertz CT molecular complexity index is 1330.